The fourth-order valence-corrected chi connectivity index (χ4v) is 2.69. The molecule has 0 aliphatic rings. The van der Waals surface area contributed by atoms with Crippen molar-refractivity contribution in [2.24, 2.45) is 0 Å². The minimum atomic E-state index is 0.0285. The molecule has 0 aliphatic heterocycles. The molecule has 1 rings (SSSR count). The minimum Gasteiger partial charge on any atom is -0.379 e. The van der Waals surface area contributed by atoms with Crippen molar-refractivity contribution in [1.82, 2.24) is 14.9 Å². The summed E-state index contributed by atoms with van der Waals surface area (Å²) in [5, 5.41) is 7.75. The smallest absolute Gasteiger partial charge is 0.0857 e. The monoisotopic (exact) mass is 271 g/mol. The molecular formula is C13H25N3OS. The first-order chi connectivity index (χ1) is 8.50. The summed E-state index contributed by atoms with van der Waals surface area (Å²) < 4.78 is 9.79. The van der Waals surface area contributed by atoms with Gasteiger partial charge in [-0.3, -0.25) is 0 Å². The summed E-state index contributed by atoms with van der Waals surface area (Å²) in [5.41, 5.74) is 1.11. The molecule has 1 aromatic heterocycles. The van der Waals surface area contributed by atoms with Crippen molar-refractivity contribution < 1.29 is 4.74 Å². The average Bonchev–Trinajstić information content (AvgIpc) is 2.76. The van der Waals surface area contributed by atoms with Crippen LogP contribution in [0.4, 0.5) is 0 Å². The Morgan fingerprint density at radius 3 is 2.61 bits per heavy atom. The number of aromatic nitrogens is 2. The zero-order valence-corrected chi connectivity index (χ0v) is 12.9. The molecule has 1 heterocycles. The van der Waals surface area contributed by atoms with E-state index in [1.807, 2.05) is 0 Å². The summed E-state index contributed by atoms with van der Waals surface area (Å²) in [5.74, 6) is 0. The van der Waals surface area contributed by atoms with Gasteiger partial charge in [-0.2, -0.15) is 0 Å². The van der Waals surface area contributed by atoms with Gasteiger partial charge in [-0.25, -0.2) is 0 Å². The molecule has 4 nitrogen and oxygen atoms in total. The van der Waals surface area contributed by atoms with Crippen molar-refractivity contribution in [3.63, 3.8) is 0 Å². The van der Waals surface area contributed by atoms with Crippen molar-refractivity contribution in [2.45, 2.75) is 52.5 Å². The third kappa shape index (κ3) is 4.30. The highest BCUT2D eigenvalue weighted by atomic mass is 32.1. The third-order valence-electron chi connectivity index (χ3n) is 2.62. The van der Waals surface area contributed by atoms with Gasteiger partial charge in [0.05, 0.1) is 23.2 Å². The minimum absolute atomic E-state index is 0.0285. The molecule has 0 radical (unpaired) electrons. The van der Waals surface area contributed by atoms with Crippen LogP contribution in [0.5, 0.6) is 0 Å². The number of rotatable bonds is 7. The van der Waals surface area contributed by atoms with Crippen molar-refractivity contribution in [1.29, 1.82) is 0 Å². The van der Waals surface area contributed by atoms with Gasteiger partial charge in [-0.05, 0) is 24.5 Å². The van der Waals surface area contributed by atoms with Crippen LogP contribution < -0.4 is 5.32 Å². The van der Waals surface area contributed by atoms with Crippen LogP contribution in [-0.2, 0) is 10.2 Å². The Kier molecular flexibility index (Phi) is 6.18. The second kappa shape index (κ2) is 7.16. The van der Waals surface area contributed by atoms with Gasteiger partial charge in [0, 0.05) is 12.0 Å². The van der Waals surface area contributed by atoms with Crippen molar-refractivity contribution in [2.75, 3.05) is 19.8 Å². The van der Waals surface area contributed by atoms with Crippen LogP contribution in [0.15, 0.2) is 0 Å². The molecule has 0 amide bonds. The van der Waals surface area contributed by atoms with E-state index in [0.29, 0.717) is 6.61 Å². The van der Waals surface area contributed by atoms with Gasteiger partial charge in [-0.15, -0.1) is 5.10 Å². The van der Waals surface area contributed by atoms with E-state index in [1.165, 1.54) is 16.4 Å². The molecule has 1 aromatic rings. The molecule has 0 fully saturated rings. The fraction of sp³-hybridized carbons (Fsp3) is 0.846. The van der Waals surface area contributed by atoms with E-state index in [0.717, 1.165) is 25.3 Å². The molecule has 5 heteroatoms. The van der Waals surface area contributed by atoms with Gasteiger partial charge in [0.1, 0.15) is 0 Å². The summed E-state index contributed by atoms with van der Waals surface area (Å²) in [6, 6.07) is 0.204. The first-order valence-corrected chi connectivity index (χ1v) is 7.41. The Bertz CT molecular complexity index is 346. The number of nitrogens with zero attached hydrogens (tertiary/aromatic N) is 2. The Balaban J connectivity index is 2.81. The molecule has 0 saturated carbocycles. The molecule has 104 valence electrons. The van der Waals surface area contributed by atoms with Gasteiger partial charge in [-0.1, -0.05) is 39.1 Å². The maximum absolute atomic E-state index is 5.68. The van der Waals surface area contributed by atoms with Crippen molar-refractivity contribution in [3.8, 4) is 0 Å². The summed E-state index contributed by atoms with van der Waals surface area (Å²) in [6.45, 7) is 13.2. The van der Waals surface area contributed by atoms with E-state index in [2.05, 4.69) is 49.5 Å². The van der Waals surface area contributed by atoms with Crippen LogP contribution in [0.1, 0.15) is 57.7 Å². The van der Waals surface area contributed by atoms with Crippen LogP contribution in [0, 0.1) is 0 Å². The van der Waals surface area contributed by atoms with Gasteiger partial charge in [0.15, 0.2) is 0 Å². The van der Waals surface area contributed by atoms with Crippen LogP contribution in [0.2, 0.25) is 0 Å². The lowest BCUT2D eigenvalue weighted by Crippen LogP contribution is -2.27. The molecule has 0 bridgehead atoms. The van der Waals surface area contributed by atoms with Crippen molar-refractivity contribution >= 4 is 11.5 Å². The van der Waals surface area contributed by atoms with Gasteiger partial charge in [0.2, 0.25) is 0 Å². The zero-order valence-electron chi connectivity index (χ0n) is 12.1. The highest BCUT2D eigenvalue weighted by molar-refractivity contribution is 7.05. The van der Waals surface area contributed by atoms with E-state index in [-0.39, 0.29) is 11.5 Å². The lowest BCUT2D eigenvalue weighted by atomic mass is 9.90. The second-order valence-corrected chi connectivity index (χ2v) is 6.21. The molecule has 1 N–H and O–H groups in total. The molecule has 18 heavy (non-hydrogen) atoms. The molecule has 0 aromatic carbocycles. The molecule has 0 spiro atoms. The molecule has 1 unspecified atom stereocenters. The molecule has 0 saturated heterocycles. The van der Waals surface area contributed by atoms with E-state index in [9.17, 15) is 0 Å². The topological polar surface area (TPSA) is 47.0 Å². The SMILES string of the molecule is CCCOCC(NCC)c1snnc1C(C)(C)C. The molecular weight excluding hydrogens is 246 g/mol. The predicted octanol–water partition coefficient (Wildman–Crippen LogP) is 2.91. The highest BCUT2D eigenvalue weighted by Crippen LogP contribution is 2.30. The predicted molar refractivity (Wildman–Crippen MR) is 76.1 cm³/mol. The fourth-order valence-electron chi connectivity index (χ4n) is 1.77. The van der Waals surface area contributed by atoms with Crippen LogP contribution in [0.3, 0.4) is 0 Å². The second-order valence-electron chi connectivity index (χ2n) is 5.42. The van der Waals surface area contributed by atoms with E-state index < -0.39 is 0 Å². The highest BCUT2D eigenvalue weighted by Gasteiger charge is 2.26. The summed E-state index contributed by atoms with van der Waals surface area (Å²) in [6.07, 6.45) is 1.05. The Morgan fingerprint density at radius 2 is 2.06 bits per heavy atom. The number of nitrogens with one attached hydrogen (secondary N) is 1. The summed E-state index contributed by atoms with van der Waals surface area (Å²) >= 11 is 1.48. The van der Waals surface area contributed by atoms with Gasteiger partial charge < -0.3 is 10.1 Å². The molecule has 1 atom stereocenters. The van der Waals surface area contributed by atoms with Gasteiger partial charge >= 0.3 is 0 Å². The Morgan fingerprint density at radius 1 is 1.33 bits per heavy atom. The van der Waals surface area contributed by atoms with E-state index in [1.54, 1.807) is 0 Å². The van der Waals surface area contributed by atoms with Crippen LogP contribution in [0.25, 0.3) is 0 Å². The lowest BCUT2D eigenvalue weighted by Gasteiger charge is -2.22. The van der Waals surface area contributed by atoms with Crippen LogP contribution in [-0.4, -0.2) is 29.3 Å². The number of hydrogen-bond acceptors (Lipinski definition) is 5. The van der Waals surface area contributed by atoms with Crippen LogP contribution >= 0.6 is 11.5 Å². The largest absolute Gasteiger partial charge is 0.379 e. The maximum atomic E-state index is 5.68. The summed E-state index contributed by atoms with van der Waals surface area (Å²) in [4.78, 5) is 1.21. The first kappa shape index (κ1) is 15.5. The number of ether oxygens (including phenoxy) is 1. The number of likely N-dealkylation sites (N-methyl/N-ethyl adjacent to an activating group) is 1. The van der Waals surface area contributed by atoms with E-state index in [4.69, 9.17) is 4.74 Å². The maximum Gasteiger partial charge on any atom is 0.0857 e. The standard InChI is InChI=1S/C13H25N3OS/c1-6-8-17-9-10(14-7-2)11-12(13(3,4)5)15-16-18-11/h10,14H,6-9H2,1-5H3. The third-order valence-corrected chi connectivity index (χ3v) is 3.46. The van der Waals surface area contributed by atoms with Gasteiger partial charge in [0.25, 0.3) is 0 Å². The van der Waals surface area contributed by atoms with E-state index >= 15 is 0 Å². The Labute approximate surface area is 114 Å². The lowest BCUT2D eigenvalue weighted by molar-refractivity contribution is 0.113. The molecule has 0 aliphatic carbocycles. The normalized spacial score (nSPS) is 13.8. The van der Waals surface area contributed by atoms with Crippen molar-refractivity contribution in [3.05, 3.63) is 10.6 Å². The quantitative estimate of drug-likeness (QED) is 0.775. The first-order valence-electron chi connectivity index (χ1n) is 6.64. The Hall–Kier alpha value is -0.520. The average molecular weight is 271 g/mol. The number of hydrogen-bond donors (Lipinski definition) is 1. The summed E-state index contributed by atoms with van der Waals surface area (Å²) in [7, 11) is 0. The zero-order chi connectivity index (χ0) is 13.6.